The Balaban J connectivity index is 2.39. The first-order chi connectivity index (χ1) is 8.11. The van der Waals surface area contributed by atoms with E-state index in [1.165, 1.54) is 0 Å². The number of rotatable bonds is 6. The third-order valence-electron chi connectivity index (χ3n) is 2.19. The van der Waals surface area contributed by atoms with Gasteiger partial charge in [0.2, 0.25) is 5.91 Å². The molecule has 5 nitrogen and oxygen atoms in total. The number of carbonyl (C=O) groups excluding carboxylic acids is 1. The van der Waals surface area contributed by atoms with E-state index in [9.17, 15) is 9.59 Å². The summed E-state index contributed by atoms with van der Waals surface area (Å²) < 4.78 is 5.05. The Morgan fingerprint density at radius 3 is 2.76 bits per heavy atom. The summed E-state index contributed by atoms with van der Waals surface area (Å²) in [6.07, 6.45) is -0.150. The van der Waals surface area contributed by atoms with Gasteiger partial charge in [0.05, 0.1) is 13.5 Å². The van der Waals surface area contributed by atoms with Crippen LogP contribution in [-0.2, 0) is 16.1 Å². The van der Waals surface area contributed by atoms with Crippen molar-refractivity contribution < 1.29 is 19.4 Å². The Hall–Kier alpha value is -2.04. The monoisotopic (exact) mass is 237 g/mol. The molecule has 0 saturated heterocycles. The van der Waals surface area contributed by atoms with Crippen LogP contribution in [0.1, 0.15) is 18.4 Å². The molecule has 0 unspecified atom stereocenters. The van der Waals surface area contributed by atoms with Crippen LogP contribution in [0.5, 0.6) is 5.75 Å². The van der Waals surface area contributed by atoms with Crippen molar-refractivity contribution in [2.24, 2.45) is 0 Å². The molecule has 0 bridgehead atoms. The van der Waals surface area contributed by atoms with E-state index in [4.69, 9.17) is 9.84 Å². The molecule has 0 spiro atoms. The Labute approximate surface area is 99.4 Å². The lowest BCUT2D eigenvalue weighted by molar-refractivity contribution is -0.138. The molecule has 1 aromatic carbocycles. The molecule has 0 heterocycles. The van der Waals surface area contributed by atoms with Gasteiger partial charge < -0.3 is 15.2 Å². The van der Waals surface area contributed by atoms with Crippen LogP contribution < -0.4 is 10.1 Å². The van der Waals surface area contributed by atoms with E-state index in [1.54, 1.807) is 7.11 Å². The minimum Gasteiger partial charge on any atom is -0.497 e. The van der Waals surface area contributed by atoms with Gasteiger partial charge in [-0.15, -0.1) is 0 Å². The number of amides is 1. The lowest BCUT2D eigenvalue weighted by Crippen LogP contribution is -2.23. The summed E-state index contributed by atoms with van der Waals surface area (Å²) in [5, 5.41) is 11.1. The van der Waals surface area contributed by atoms with E-state index < -0.39 is 5.97 Å². The zero-order chi connectivity index (χ0) is 12.7. The van der Waals surface area contributed by atoms with Crippen LogP contribution in [0.4, 0.5) is 0 Å². The van der Waals surface area contributed by atoms with Crippen molar-refractivity contribution >= 4 is 11.9 Å². The van der Waals surface area contributed by atoms with Crippen LogP contribution in [0.15, 0.2) is 24.3 Å². The van der Waals surface area contributed by atoms with Gasteiger partial charge in [-0.3, -0.25) is 9.59 Å². The largest absolute Gasteiger partial charge is 0.497 e. The first-order valence-corrected chi connectivity index (χ1v) is 5.23. The molecule has 92 valence electrons. The fraction of sp³-hybridized carbons (Fsp3) is 0.333. The van der Waals surface area contributed by atoms with Gasteiger partial charge in [0.15, 0.2) is 0 Å². The lowest BCUT2D eigenvalue weighted by Gasteiger charge is -2.06. The van der Waals surface area contributed by atoms with Crippen molar-refractivity contribution in [1.29, 1.82) is 0 Å². The zero-order valence-electron chi connectivity index (χ0n) is 9.60. The van der Waals surface area contributed by atoms with Crippen LogP contribution >= 0.6 is 0 Å². The predicted octanol–water partition coefficient (Wildman–Crippen LogP) is 1.18. The lowest BCUT2D eigenvalue weighted by atomic mass is 10.2. The molecule has 0 aliphatic carbocycles. The second-order valence-corrected chi connectivity index (χ2v) is 3.52. The number of methoxy groups -OCH3 is 1. The maximum atomic E-state index is 11.3. The molecule has 17 heavy (non-hydrogen) atoms. The zero-order valence-corrected chi connectivity index (χ0v) is 9.60. The summed E-state index contributed by atoms with van der Waals surface area (Å²) in [7, 11) is 1.57. The molecule has 0 atom stereocenters. The van der Waals surface area contributed by atoms with Gasteiger partial charge in [-0.05, 0) is 17.7 Å². The smallest absolute Gasteiger partial charge is 0.303 e. The molecule has 5 heteroatoms. The Morgan fingerprint density at radius 2 is 2.12 bits per heavy atom. The van der Waals surface area contributed by atoms with Crippen molar-refractivity contribution in [2.45, 2.75) is 19.4 Å². The minimum atomic E-state index is -0.971. The average Bonchev–Trinajstić information content (AvgIpc) is 2.34. The van der Waals surface area contributed by atoms with Gasteiger partial charge >= 0.3 is 5.97 Å². The predicted molar refractivity (Wildman–Crippen MR) is 61.7 cm³/mol. The topological polar surface area (TPSA) is 75.6 Å². The Bertz CT molecular complexity index is 403. The molecular formula is C12H15NO4. The first kappa shape index (κ1) is 13.0. The molecule has 0 fully saturated rings. The number of ether oxygens (including phenoxy) is 1. The SMILES string of the molecule is COc1cccc(CNC(=O)CCC(=O)O)c1. The summed E-state index contributed by atoms with van der Waals surface area (Å²) in [5.41, 5.74) is 0.910. The Kier molecular flexibility index (Phi) is 5.00. The van der Waals surface area contributed by atoms with Crippen LogP contribution in [0.3, 0.4) is 0 Å². The van der Waals surface area contributed by atoms with Gasteiger partial charge in [-0.1, -0.05) is 12.1 Å². The molecule has 0 aliphatic rings. The van der Waals surface area contributed by atoms with Crippen LogP contribution in [0.25, 0.3) is 0 Å². The molecule has 1 aromatic rings. The van der Waals surface area contributed by atoms with Gasteiger partial charge in [0.25, 0.3) is 0 Å². The molecule has 1 rings (SSSR count). The van der Waals surface area contributed by atoms with E-state index in [0.29, 0.717) is 6.54 Å². The average molecular weight is 237 g/mol. The normalized spacial score (nSPS) is 9.71. The van der Waals surface area contributed by atoms with Crippen molar-refractivity contribution in [3.63, 3.8) is 0 Å². The number of nitrogens with one attached hydrogen (secondary N) is 1. The summed E-state index contributed by atoms with van der Waals surface area (Å²) in [5.74, 6) is -0.515. The van der Waals surface area contributed by atoms with Crippen molar-refractivity contribution in [3.8, 4) is 5.75 Å². The summed E-state index contributed by atoms with van der Waals surface area (Å²) in [6, 6.07) is 7.32. The van der Waals surface area contributed by atoms with E-state index in [1.807, 2.05) is 24.3 Å². The highest BCUT2D eigenvalue weighted by Gasteiger charge is 2.05. The Morgan fingerprint density at radius 1 is 1.35 bits per heavy atom. The summed E-state index contributed by atoms with van der Waals surface area (Å²) >= 11 is 0. The summed E-state index contributed by atoms with van der Waals surface area (Å²) in [4.78, 5) is 21.5. The number of carboxylic acids is 1. The van der Waals surface area contributed by atoms with E-state index in [2.05, 4.69) is 5.32 Å². The maximum Gasteiger partial charge on any atom is 0.303 e. The quantitative estimate of drug-likeness (QED) is 0.778. The number of aliphatic carboxylic acids is 1. The maximum absolute atomic E-state index is 11.3. The van der Waals surface area contributed by atoms with Crippen LogP contribution in [0, 0.1) is 0 Å². The highest BCUT2D eigenvalue weighted by Crippen LogP contribution is 2.12. The number of benzene rings is 1. The second-order valence-electron chi connectivity index (χ2n) is 3.52. The highest BCUT2D eigenvalue weighted by molar-refractivity contribution is 5.80. The molecule has 0 aromatic heterocycles. The summed E-state index contributed by atoms with van der Waals surface area (Å²) in [6.45, 7) is 0.371. The number of carbonyl (C=O) groups is 2. The van der Waals surface area contributed by atoms with Crippen molar-refractivity contribution in [1.82, 2.24) is 5.32 Å². The third kappa shape index (κ3) is 5.01. The standard InChI is InChI=1S/C12H15NO4/c1-17-10-4-2-3-9(7-10)8-13-11(14)5-6-12(15)16/h2-4,7H,5-6,8H2,1H3,(H,13,14)(H,15,16). The fourth-order valence-corrected chi connectivity index (χ4v) is 1.29. The fourth-order valence-electron chi connectivity index (χ4n) is 1.29. The number of carboxylic acid groups (broad SMARTS) is 1. The molecule has 2 N–H and O–H groups in total. The van der Waals surface area contributed by atoms with Crippen LogP contribution in [0.2, 0.25) is 0 Å². The number of hydrogen-bond acceptors (Lipinski definition) is 3. The van der Waals surface area contributed by atoms with E-state index >= 15 is 0 Å². The minimum absolute atomic E-state index is 0.000693. The molecule has 0 radical (unpaired) electrons. The van der Waals surface area contributed by atoms with Crippen molar-refractivity contribution in [3.05, 3.63) is 29.8 Å². The van der Waals surface area contributed by atoms with Crippen LogP contribution in [-0.4, -0.2) is 24.1 Å². The first-order valence-electron chi connectivity index (χ1n) is 5.23. The third-order valence-corrected chi connectivity index (χ3v) is 2.19. The van der Waals surface area contributed by atoms with Gasteiger partial charge in [0.1, 0.15) is 5.75 Å². The second kappa shape index (κ2) is 6.52. The van der Waals surface area contributed by atoms with Crippen molar-refractivity contribution in [2.75, 3.05) is 7.11 Å². The molecular weight excluding hydrogens is 222 g/mol. The molecule has 1 amide bonds. The van der Waals surface area contributed by atoms with Gasteiger partial charge in [-0.2, -0.15) is 0 Å². The molecule has 0 saturated carbocycles. The van der Waals surface area contributed by atoms with Gasteiger partial charge in [0, 0.05) is 13.0 Å². The molecule has 0 aliphatic heterocycles. The van der Waals surface area contributed by atoms with E-state index in [0.717, 1.165) is 11.3 Å². The highest BCUT2D eigenvalue weighted by atomic mass is 16.5. The number of hydrogen-bond donors (Lipinski definition) is 2. The van der Waals surface area contributed by atoms with E-state index in [-0.39, 0.29) is 18.7 Å². The van der Waals surface area contributed by atoms with Gasteiger partial charge in [-0.25, -0.2) is 0 Å².